The van der Waals surface area contributed by atoms with Crippen LogP contribution in [0.3, 0.4) is 0 Å². The Bertz CT molecular complexity index is 491. The van der Waals surface area contributed by atoms with Gasteiger partial charge in [-0.05, 0) is 12.1 Å². The molecule has 0 aliphatic rings. The van der Waals surface area contributed by atoms with Crippen molar-refractivity contribution in [2.45, 2.75) is 0 Å². The molecule has 3 nitrogen and oxygen atoms in total. The van der Waals surface area contributed by atoms with Crippen molar-refractivity contribution in [3.63, 3.8) is 0 Å². The fourth-order valence-electron chi connectivity index (χ4n) is 1.15. The van der Waals surface area contributed by atoms with Crippen LogP contribution in [0.1, 0.15) is 5.56 Å². The summed E-state index contributed by atoms with van der Waals surface area (Å²) in [6.07, 6.45) is 8.12. The van der Waals surface area contributed by atoms with Crippen LogP contribution in [0.4, 0.5) is 0 Å². The molecule has 0 atom stereocenters. The minimum atomic E-state index is 0.785. The lowest BCUT2D eigenvalue weighted by Crippen LogP contribution is -1.70. The first kappa shape index (κ1) is 7.56. The molecule has 3 heteroatoms. The summed E-state index contributed by atoms with van der Waals surface area (Å²) >= 11 is 0. The first-order chi connectivity index (χ1) is 6.42. The van der Waals surface area contributed by atoms with E-state index in [2.05, 4.69) is 4.98 Å². The number of fused-ring (bicyclic) bond motifs is 1. The molecule has 2 heterocycles. The molecule has 13 heavy (non-hydrogen) atoms. The highest BCUT2D eigenvalue weighted by Crippen LogP contribution is 2.20. The van der Waals surface area contributed by atoms with Gasteiger partial charge in [-0.1, -0.05) is 0 Å². The van der Waals surface area contributed by atoms with Crippen LogP contribution in [-0.4, -0.2) is 4.98 Å². The number of allylic oxidation sites excluding steroid dienone is 1. The fourth-order valence-corrected chi connectivity index (χ4v) is 1.15. The van der Waals surface area contributed by atoms with E-state index in [4.69, 9.17) is 9.68 Å². The zero-order chi connectivity index (χ0) is 9.10. The fraction of sp³-hybridized carbons (Fsp3) is 0. The second kappa shape index (κ2) is 3.11. The van der Waals surface area contributed by atoms with Gasteiger partial charge in [-0.2, -0.15) is 5.26 Å². The number of hydrogen-bond donors (Lipinski definition) is 0. The molecule has 0 aliphatic heterocycles. The van der Waals surface area contributed by atoms with Crippen LogP contribution in [0.15, 0.2) is 35.2 Å². The second-order valence-electron chi connectivity index (χ2n) is 2.53. The van der Waals surface area contributed by atoms with Crippen LogP contribution in [0.25, 0.3) is 17.0 Å². The summed E-state index contributed by atoms with van der Waals surface area (Å²) in [6.45, 7) is 0. The van der Waals surface area contributed by atoms with Crippen LogP contribution in [0.5, 0.6) is 0 Å². The molecule has 0 unspecified atom stereocenters. The van der Waals surface area contributed by atoms with Crippen molar-refractivity contribution >= 4 is 17.0 Å². The SMILES string of the molecule is N#C/C=C/c1coc2ccncc12. The normalized spacial score (nSPS) is 10.7. The smallest absolute Gasteiger partial charge is 0.137 e. The van der Waals surface area contributed by atoms with E-state index in [9.17, 15) is 0 Å². The second-order valence-corrected chi connectivity index (χ2v) is 2.53. The van der Waals surface area contributed by atoms with E-state index < -0.39 is 0 Å². The van der Waals surface area contributed by atoms with E-state index in [1.54, 1.807) is 30.8 Å². The number of furan rings is 1. The molecule has 0 saturated carbocycles. The van der Waals surface area contributed by atoms with Crippen LogP contribution in [0.2, 0.25) is 0 Å². The van der Waals surface area contributed by atoms with Gasteiger partial charge in [0.05, 0.1) is 12.3 Å². The maximum Gasteiger partial charge on any atom is 0.137 e. The number of rotatable bonds is 1. The topological polar surface area (TPSA) is 49.8 Å². The van der Waals surface area contributed by atoms with Gasteiger partial charge in [0.15, 0.2) is 0 Å². The van der Waals surface area contributed by atoms with E-state index in [1.165, 1.54) is 6.08 Å². The molecule has 0 aromatic carbocycles. The van der Waals surface area contributed by atoms with E-state index in [0.717, 1.165) is 16.5 Å². The Morgan fingerprint density at radius 1 is 1.54 bits per heavy atom. The van der Waals surface area contributed by atoms with E-state index in [-0.39, 0.29) is 0 Å². The van der Waals surface area contributed by atoms with E-state index >= 15 is 0 Å². The number of nitriles is 1. The highest BCUT2D eigenvalue weighted by molar-refractivity contribution is 5.86. The Labute approximate surface area is 74.9 Å². The van der Waals surface area contributed by atoms with Crippen molar-refractivity contribution in [3.8, 4) is 6.07 Å². The summed E-state index contributed by atoms with van der Waals surface area (Å²) in [4.78, 5) is 3.98. The molecule has 2 aromatic heterocycles. The standard InChI is InChI=1S/C10H6N2O/c11-4-1-2-8-7-13-10-3-5-12-6-9(8)10/h1-3,5-7H/b2-1+. The number of aromatic nitrogens is 1. The van der Waals surface area contributed by atoms with E-state index in [0.29, 0.717) is 0 Å². The first-order valence-electron chi connectivity index (χ1n) is 3.79. The van der Waals surface area contributed by atoms with Gasteiger partial charge in [0.2, 0.25) is 0 Å². The molecule has 2 aromatic rings. The minimum absolute atomic E-state index is 0.785. The van der Waals surface area contributed by atoms with Gasteiger partial charge in [0.1, 0.15) is 5.58 Å². The molecule has 0 fully saturated rings. The van der Waals surface area contributed by atoms with Gasteiger partial charge in [-0.15, -0.1) is 0 Å². The Hall–Kier alpha value is -2.08. The lowest BCUT2D eigenvalue weighted by molar-refractivity contribution is 0.614. The lowest BCUT2D eigenvalue weighted by Gasteiger charge is -1.85. The summed E-state index contributed by atoms with van der Waals surface area (Å²) in [5.74, 6) is 0. The van der Waals surface area contributed by atoms with Crippen molar-refractivity contribution in [2.75, 3.05) is 0 Å². The van der Waals surface area contributed by atoms with Crippen LogP contribution in [-0.2, 0) is 0 Å². The summed E-state index contributed by atoms with van der Waals surface area (Å²) in [6, 6.07) is 3.72. The Kier molecular flexibility index (Phi) is 1.81. The Morgan fingerprint density at radius 3 is 3.31 bits per heavy atom. The molecule has 2 rings (SSSR count). The Balaban J connectivity index is 2.59. The van der Waals surface area contributed by atoms with Crippen molar-refractivity contribution in [2.24, 2.45) is 0 Å². The molecule has 0 aliphatic carbocycles. The highest BCUT2D eigenvalue weighted by Gasteiger charge is 2.00. The third-order valence-electron chi connectivity index (χ3n) is 1.74. The molecule has 0 amide bonds. The minimum Gasteiger partial charge on any atom is -0.464 e. The quantitative estimate of drug-likeness (QED) is 0.617. The van der Waals surface area contributed by atoms with E-state index in [1.807, 2.05) is 6.07 Å². The van der Waals surface area contributed by atoms with Gasteiger partial charge in [0, 0.05) is 29.4 Å². The molecular weight excluding hydrogens is 164 g/mol. The average molecular weight is 170 g/mol. The first-order valence-corrected chi connectivity index (χ1v) is 3.79. The largest absolute Gasteiger partial charge is 0.464 e. The predicted molar refractivity (Wildman–Crippen MR) is 48.7 cm³/mol. The van der Waals surface area contributed by atoms with Gasteiger partial charge in [0.25, 0.3) is 0 Å². The molecule has 62 valence electrons. The Morgan fingerprint density at radius 2 is 2.46 bits per heavy atom. The maximum atomic E-state index is 8.35. The zero-order valence-electron chi connectivity index (χ0n) is 6.77. The lowest BCUT2D eigenvalue weighted by atomic mass is 10.2. The summed E-state index contributed by atoms with van der Waals surface area (Å²) in [7, 11) is 0. The van der Waals surface area contributed by atoms with Crippen molar-refractivity contribution < 1.29 is 4.42 Å². The van der Waals surface area contributed by atoms with Crippen molar-refractivity contribution in [1.82, 2.24) is 4.98 Å². The number of nitrogens with zero attached hydrogens (tertiary/aromatic N) is 2. The van der Waals surface area contributed by atoms with Gasteiger partial charge >= 0.3 is 0 Å². The van der Waals surface area contributed by atoms with Crippen LogP contribution < -0.4 is 0 Å². The number of hydrogen-bond acceptors (Lipinski definition) is 3. The molecule has 0 radical (unpaired) electrons. The summed E-state index contributed by atoms with van der Waals surface area (Å²) in [5, 5.41) is 9.28. The van der Waals surface area contributed by atoms with Crippen LogP contribution in [0, 0.1) is 11.3 Å². The van der Waals surface area contributed by atoms with Gasteiger partial charge in [-0.25, -0.2) is 0 Å². The van der Waals surface area contributed by atoms with Crippen LogP contribution >= 0.6 is 0 Å². The zero-order valence-corrected chi connectivity index (χ0v) is 6.77. The number of pyridine rings is 1. The predicted octanol–water partition coefficient (Wildman–Crippen LogP) is 2.36. The van der Waals surface area contributed by atoms with Crippen molar-refractivity contribution in [3.05, 3.63) is 36.4 Å². The third kappa shape index (κ3) is 1.30. The monoisotopic (exact) mass is 170 g/mol. The van der Waals surface area contributed by atoms with Crippen molar-refractivity contribution in [1.29, 1.82) is 5.26 Å². The molecular formula is C10H6N2O. The molecule has 0 bridgehead atoms. The molecule has 0 spiro atoms. The highest BCUT2D eigenvalue weighted by atomic mass is 16.3. The summed E-state index contributed by atoms with van der Waals surface area (Å²) < 4.78 is 5.25. The maximum absolute atomic E-state index is 8.35. The molecule has 0 N–H and O–H groups in total. The third-order valence-corrected chi connectivity index (χ3v) is 1.74. The summed E-state index contributed by atoms with van der Waals surface area (Å²) in [5.41, 5.74) is 1.66. The average Bonchev–Trinajstić information content (AvgIpc) is 2.58. The van der Waals surface area contributed by atoms with Gasteiger partial charge < -0.3 is 4.42 Å². The van der Waals surface area contributed by atoms with Gasteiger partial charge in [-0.3, -0.25) is 4.98 Å². The molecule has 0 saturated heterocycles.